The number of aromatic nitrogens is 1. The minimum Gasteiger partial charge on any atom is -0.369 e. The van der Waals surface area contributed by atoms with Crippen LogP contribution in [0.3, 0.4) is 0 Å². The molecule has 1 aliphatic heterocycles. The van der Waals surface area contributed by atoms with E-state index < -0.39 is 0 Å². The maximum Gasteiger partial charge on any atom is 0.234 e. The standard InChI is InChI=1S/C26H26N4OS2/c31-25(19-32-26-28-23-8-4-5-9-24(23)33-26)27-21-10-12-22(13-11-21)30-16-14-29(15-17-30)18-20-6-2-1-3-7-20/h1-13H,14-19H2,(H,27,31). The summed E-state index contributed by atoms with van der Waals surface area (Å²) in [6.45, 7) is 5.14. The number of amides is 1. The van der Waals surface area contributed by atoms with Gasteiger partial charge in [0, 0.05) is 44.1 Å². The molecule has 1 N–H and O–H groups in total. The lowest BCUT2D eigenvalue weighted by atomic mass is 10.2. The van der Waals surface area contributed by atoms with E-state index >= 15 is 0 Å². The molecule has 4 aromatic rings. The van der Waals surface area contributed by atoms with Crippen LogP contribution in [0.2, 0.25) is 0 Å². The van der Waals surface area contributed by atoms with E-state index in [-0.39, 0.29) is 5.91 Å². The van der Waals surface area contributed by atoms with Crippen LogP contribution in [0.5, 0.6) is 0 Å². The number of carbonyl (C=O) groups is 1. The van der Waals surface area contributed by atoms with Crippen LogP contribution >= 0.6 is 23.1 Å². The Morgan fingerprint density at radius 3 is 2.39 bits per heavy atom. The zero-order valence-electron chi connectivity index (χ0n) is 18.3. The number of carbonyl (C=O) groups excluding carboxylic acids is 1. The highest BCUT2D eigenvalue weighted by Crippen LogP contribution is 2.29. The molecule has 0 saturated carbocycles. The van der Waals surface area contributed by atoms with Gasteiger partial charge in [-0.1, -0.05) is 54.2 Å². The number of piperazine rings is 1. The van der Waals surface area contributed by atoms with Crippen molar-refractivity contribution in [3.05, 3.63) is 84.4 Å². The lowest BCUT2D eigenvalue weighted by Crippen LogP contribution is -2.45. The van der Waals surface area contributed by atoms with Gasteiger partial charge in [0.1, 0.15) is 0 Å². The Kier molecular flexibility index (Phi) is 6.90. The molecule has 0 spiro atoms. The molecule has 1 saturated heterocycles. The number of fused-ring (bicyclic) bond motifs is 1. The topological polar surface area (TPSA) is 48.5 Å². The first-order chi connectivity index (χ1) is 16.2. The fourth-order valence-corrected chi connectivity index (χ4v) is 5.87. The van der Waals surface area contributed by atoms with Crippen LogP contribution in [0.15, 0.2) is 83.2 Å². The van der Waals surface area contributed by atoms with Crippen molar-refractivity contribution in [2.24, 2.45) is 0 Å². The fourth-order valence-electron chi connectivity index (χ4n) is 4.00. The monoisotopic (exact) mass is 474 g/mol. The summed E-state index contributed by atoms with van der Waals surface area (Å²) in [7, 11) is 0. The molecule has 1 fully saturated rings. The van der Waals surface area contributed by atoms with Gasteiger partial charge in [0.25, 0.3) is 0 Å². The van der Waals surface area contributed by atoms with E-state index in [9.17, 15) is 4.79 Å². The summed E-state index contributed by atoms with van der Waals surface area (Å²) in [6, 6.07) is 26.9. The van der Waals surface area contributed by atoms with Crippen molar-refractivity contribution in [3.8, 4) is 0 Å². The zero-order valence-corrected chi connectivity index (χ0v) is 19.9. The van der Waals surface area contributed by atoms with Crippen LogP contribution < -0.4 is 10.2 Å². The summed E-state index contributed by atoms with van der Waals surface area (Å²) in [5.74, 6) is 0.340. The Bertz CT molecular complexity index is 1170. The minimum atomic E-state index is -0.0125. The quantitative estimate of drug-likeness (QED) is 0.366. The van der Waals surface area contributed by atoms with Crippen LogP contribution in [0.1, 0.15) is 5.56 Å². The third-order valence-corrected chi connectivity index (χ3v) is 7.92. The Morgan fingerprint density at radius 1 is 0.909 bits per heavy atom. The summed E-state index contributed by atoms with van der Waals surface area (Å²) < 4.78 is 2.07. The van der Waals surface area contributed by atoms with Gasteiger partial charge in [0.2, 0.25) is 5.91 Å². The van der Waals surface area contributed by atoms with Gasteiger partial charge in [-0.05, 0) is 42.0 Å². The molecule has 2 heterocycles. The molecule has 0 radical (unpaired) electrons. The molecule has 0 aliphatic carbocycles. The average molecular weight is 475 g/mol. The van der Waals surface area contributed by atoms with Gasteiger partial charge < -0.3 is 10.2 Å². The molecule has 1 aromatic heterocycles. The lowest BCUT2D eigenvalue weighted by molar-refractivity contribution is -0.113. The Labute approximate surface area is 202 Å². The smallest absolute Gasteiger partial charge is 0.234 e. The summed E-state index contributed by atoms with van der Waals surface area (Å²) in [5, 5.41) is 3.00. The molecule has 0 bridgehead atoms. The van der Waals surface area contributed by atoms with Crippen molar-refractivity contribution in [2.45, 2.75) is 10.9 Å². The number of para-hydroxylation sites is 1. The van der Waals surface area contributed by atoms with E-state index in [0.29, 0.717) is 5.75 Å². The maximum atomic E-state index is 12.4. The highest BCUT2D eigenvalue weighted by molar-refractivity contribution is 8.01. The van der Waals surface area contributed by atoms with E-state index in [4.69, 9.17) is 0 Å². The first-order valence-electron chi connectivity index (χ1n) is 11.1. The van der Waals surface area contributed by atoms with Gasteiger partial charge in [0.05, 0.1) is 16.0 Å². The zero-order chi connectivity index (χ0) is 22.5. The molecule has 5 nitrogen and oxygen atoms in total. The normalized spacial score (nSPS) is 14.5. The number of hydrogen-bond acceptors (Lipinski definition) is 6. The molecule has 7 heteroatoms. The van der Waals surface area contributed by atoms with E-state index in [1.165, 1.54) is 23.0 Å². The van der Waals surface area contributed by atoms with Gasteiger partial charge in [-0.15, -0.1) is 11.3 Å². The molecule has 0 atom stereocenters. The number of thioether (sulfide) groups is 1. The van der Waals surface area contributed by atoms with Crippen molar-refractivity contribution in [2.75, 3.05) is 42.1 Å². The molecule has 5 rings (SSSR count). The number of benzene rings is 3. The summed E-state index contributed by atoms with van der Waals surface area (Å²) >= 11 is 3.11. The number of thiazole rings is 1. The van der Waals surface area contributed by atoms with Crippen LogP contribution in [0.25, 0.3) is 10.2 Å². The minimum absolute atomic E-state index is 0.0125. The predicted molar refractivity (Wildman–Crippen MR) is 139 cm³/mol. The first-order valence-corrected chi connectivity index (χ1v) is 12.9. The van der Waals surface area contributed by atoms with Crippen LogP contribution in [-0.4, -0.2) is 47.7 Å². The average Bonchev–Trinajstić information content (AvgIpc) is 3.28. The van der Waals surface area contributed by atoms with Gasteiger partial charge in [-0.2, -0.15) is 0 Å². The molecule has 1 amide bonds. The largest absolute Gasteiger partial charge is 0.369 e. The van der Waals surface area contributed by atoms with Crippen molar-refractivity contribution in [1.29, 1.82) is 0 Å². The molecule has 0 unspecified atom stereocenters. The van der Waals surface area contributed by atoms with E-state index in [2.05, 4.69) is 68.6 Å². The van der Waals surface area contributed by atoms with E-state index in [0.717, 1.165) is 53.0 Å². The van der Waals surface area contributed by atoms with Gasteiger partial charge >= 0.3 is 0 Å². The van der Waals surface area contributed by atoms with Gasteiger partial charge in [0.15, 0.2) is 4.34 Å². The highest BCUT2D eigenvalue weighted by Gasteiger charge is 2.17. The van der Waals surface area contributed by atoms with Crippen LogP contribution in [0, 0.1) is 0 Å². The van der Waals surface area contributed by atoms with Crippen molar-refractivity contribution in [1.82, 2.24) is 9.88 Å². The third kappa shape index (κ3) is 5.74. The van der Waals surface area contributed by atoms with E-state index in [1.807, 2.05) is 30.3 Å². The summed E-state index contributed by atoms with van der Waals surface area (Å²) in [6.07, 6.45) is 0. The van der Waals surface area contributed by atoms with Gasteiger partial charge in [-0.25, -0.2) is 4.98 Å². The second-order valence-electron chi connectivity index (χ2n) is 8.08. The number of nitrogens with zero attached hydrogens (tertiary/aromatic N) is 3. The summed E-state index contributed by atoms with van der Waals surface area (Å²) in [4.78, 5) is 21.9. The SMILES string of the molecule is O=C(CSc1nc2ccccc2s1)Nc1ccc(N2CCN(Cc3ccccc3)CC2)cc1. The van der Waals surface area contributed by atoms with Crippen molar-refractivity contribution < 1.29 is 4.79 Å². The lowest BCUT2D eigenvalue weighted by Gasteiger charge is -2.36. The van der Waals surface area contributed by atoms with Crippen molar-refractivity contribution in [3.63, 3.8) is 0 Å². The fraction of sp³-hybridized carbons (Fsp3) is 0.231. The van der Waals surface area contributed by atoms with Crippen molar-refractivity contribution >= 4 is 50.6 Å². The van der Waals surface area contributed by atoms with Crippen LogP contribution in [0.4, 0.5) is 11.4 Å². The highest BCUT2D eigenvalue weighted by atomic mass is 32.2. The Hall–Kier alpha value is -2.87. The van der Waals surface area contributed by atoms with Gasteiger partial charge in [-0.3, -0.25) is 9.69 Å². The first kappa shape index (κ1) is 21.9. The number of anilines is 2. The molecule has 168 valence electrons. The maximum absolute atomic E-state index is 12.4. The third-order valence-electron chi connectivity index (χ3n) is 5.74. The van der Waals surface area contributed by atoms with Crippen LogP contribution in [-0.2, 0) is 11.3 Å². The second kappa shape index (κ2) is 10.4. The Balaban J connectivity index is 1.09. The number of rotatable bonds is 7. The Morgan fingerprint density at radius 2 is 1.64 bits per heavy atom. The predicted octanol–water partition coefficient (Wildman–Crippen LogP) is 5.35. The number of hydrogen-bond donors (Lipinski definition) is 1. The molecule has 3 aromatic carbocycles. The molecule has 1 aliphatic rings. The molecular formula is C26H26N4OS2. The molecular weight excluding hydrogens is 448 g/mol. The molecule has 33 heavy (non-hydrogen) atoms. The second-order valence-corrected chi connectivity index (χ2v) is 10.3. The number of nitrogens with one attached hydrogen (secondary N) is 1. The van der Waals surface area contributed by atoms with E-state index in [1.54, 1.807) is 11.3 Å². The summed E-state index contributed by atoms with van der Waals surface area (Å²) in [5.41, 5.74) is 4.39.